The molecule has 1 aromatic rings. The second-order valence-corrected chi connectivity index (χ2v) is 4.31. The van der Waals surface area contributed by atoms with Crippen LogP contribution in [0.5, 0.6) is 0 Å². The molecule has 88 valence electrons. The van der Waals surface area contributed by atoms with E-state index >= 15 is 0 Å². The number of ether oxygens (including phenoxy) is 1. The molecule has 0 N–H and O–H groups in total. The van der Waals surface area contributed by atoms with E-state index in [1.54, 1.807) is 0 Å². The summed E-state index contributed by atoms with van der Waals surface area (Å²) in [6, 6.07) is 8.63. The zero-order valence-corrected chi connectivity index (χ0v) is 10.1. The summed E-state index contributed by atoms with van der Waals surface area (Å²) in [5.41, 5.74) is 2.70. The molecule has 2 nitrogen and oxygen atoms in total. The third kappa shape index (κ3) is 2.76. The SMILES string of the molecule is CCOCc1ccccc1N1CCCCC1. The van der Waals surface area contributed by atoms with Gasteiger partial charge in [-0.05, 0) is 32.3 Å². The van der Waals surface area contributed by atoms with Crippen molar-refractivity contribution < 1.29 is 4.74 Å². The van der Waals surface area contributed by atoms with Crippen molar-refractivity contribution in [2.45, 2.75) is 32.8 Å². The fourth-order valence-electron chi connectivity index (χ4n) is 2.29. The van der Waals surface area contributed by atoms with E-state index in [1.807, 2.05) is 6.92 Å². The van der Waals surface area contributed by atoms with Crippen molar-refractivity contribution in [3.63, 3.8) is 0 Å². The normalized spacial score (nSPS) is 16.4. The van der Waals surface area contributed by atoms with E-state index in [9.17, 15) is 0 Å². The molecule has 1 heterocycles. The Hall–Kier alpha value is -1.02. The summed E-state index contributed by atoms with van der Waals surface area (Å²) >= 11 is 0. The van der Waals surface area contributed by atoms with E-state index in [0.717, 1.165) is 13.2 Å². The van der Waals surface area contributed by atoms with Gasteiger partial charge in [0.25, 0.3) is 0 Å². The summed E-state index contributed by atoms with van der Waals surface area (Å²) < 4.78 is 5.52. The Morgan fingerprint density at radius 2 is 1.88 bits per heavy atom. The second kappa shape index (κ2) is 5.90. The van der Waals surface area contributed by atoms with Crippen molar-refractivity contribution in [1.29, 1.82) is 0 Å². The van der Waals surface area contributed by atoms with Crippen molar-refractivity contribution in [2.24, 2.45) is 0 Å². The number of benzene rings is 1. The van der Waals surface area contributed by atoms with Gasteiger partial charge in [-0.1, -0.05) is 18.2 Å². The molecule has 0 atom stereocenters. The van der Waals surface area contributed by atoms with E-state index in [0.29, 0.717) is 0 Å². The summed E-state index contributed by atoms with van der Waals surface area (Å²) in [5, 5.41) is 0. The molecule has 1 aliphatic rings. The summed E-state index contributed by atoms with van der Waals surface area (Å²) in [4.78, 5) is 2.50. The van der Waals surface area contributed by atoms with E-state index in [1.165, 1.54) is 43.6 Å². The Kier molecular flexibility index (Phi) is 4.23. The first-order valence-electron chi connectivity index (χ1n) is 6.32. The summed E-state index contributed by atoms with van der Waals surface area (Å²) in [7, 11) is 0. The molecule has 2 rings (SSSR count). The van der Waals surface area contributed by atoms with Crippen LogP contribution >= 0.6 is 0 Å². The predicted octanol–water partition coefficient (Wildman–Crippen LogP) is 3.21. The molecule has 0 unspecified atom stereocenters. The third-order valence-corrected chi connectivity index (χ3v) is 3.15. The Labute approximate surface area is 98.2 Å². The van der Waals surface area contributed by atoms with Gasteiger partial charge in [0.1, 0.15) is 0 Å². The van der Waals surface area contributed by atoms with Crippen molar-refractivity contribution in [3.05, 3.63) is 29.8 Å². The highest BCUT2D eigenvalue weighted by Crippen LogP contribution is 2.24. The number of para-hydroxylation sites is 1. The molecule has 0 aliphatic carbocycles. The molecule has 0 spiro atoms. The Morgan fingerprint density at radius 3 is 2.62 bits per heavy atom. The number of hydrogen-bond donors (Lipinski definition) is 0. The molecule has 1 saturated heterocycles. The smallest absolute Gasteiger partial charge is 0.0736 e. The number of anilines is 1. The van der Waals surface area contributed by atoms with Crippen LogP contribution in [0.4, 0.5) is 5.69 Å². The van der Waals surface area contributed by atoms with Gasteiger partial charge < -0.3 is 9.64 Å². The maximum atomic E-state index is 5.52. The van der Waals surface area contributed by atoms with Crippen LogP contribution in [-0.2, 0) is 11.3 Å². The van der Waals surface area contributed by atoms with Gasteiger partial charge in [-0.15, -0.1) is 0 Å². The van der Waals surface area contributed by atoms with Crippen LogP contribution in [-0.4, -0.2) is 19.7 Å². The maximum absolute atomic E-state index is 5.52. The van der Waals surface area contributed by atoms with Crippen molar-refractivity contribution in [3.8, 4) is 0 Å². The second-order valence-electron chi connectivity index (χ2n) is 4.31. The molecular weight excluding hydrogens is 198 g/mol. The first-order valence-corrected chi connectivity index (χ1v) is 6.32. The zero-order chi connectivity index (χ0) is 11.2. The van der Waals surface area contributed by atoms with E-state index < -0.39 is 0 Å². The van der Waals surface area contributed by atoms with Crippen molar-refractivity contribution >= 4 is 5.69 Å². The van der Waals surface area contributed by atoms with Gasteiger partial charge in [0, 0.05) is 30.9 Å². The number of rotatable bonds is 4. The highest BCUT2D eigenvalue weighted by atomic mass is 16.5. The first-order chi connectivity index (χ1) is 7.92. The minimum absolute atomic E-state index is 0.739. The van der Waals surface area contributed by atoms with Crippen molar-refractivity contribution in [2.75, 3.05) is 24.6 Å². The van der Waals surface area contributed by atoms with E-state index in [-0.39, 0.29) is 0 Å². The molecule has 1 aliphatic heterocycles. The van der Waals surface area contributed by atoms with Gasteiger partial charge in [-0.25, -0.2) is 0 Å². The quantitative estimate of drug-likeness (QED) is 0.771. The maximum Gasteiger partial charge on any atom is 0.0736 e. The van der Waals surface area contributed by atoms with Gasteiger partial charge in [0.2, 0.25) is 0 Å². The molecule has 1 aromatic carbocycles. The summed E-state index contributed by atoms with van der Waals surface area (Å²) in [6.07, 6.45) is 4.02. The lowest BCUT2D eigenvalue weighted by Crippen LogP contribution is -2.30. The summed E-state index contributed by atoms with van der Waals surface area (Å²) in [6.45, 7) is 5.97. The lowest BCUT2D eigenvalue weighted by molar-refractivity contribution is 0.134. The topological polar surface area (TPSA) is 12.5 Å². The minimum atomic E-state index is 0.739. The summed E-state index contributed by atoms with van der Waals surface area (Å²) in [5.74, 6) is 0. The van der Waals surface area contributed by atoms with Crippen LogP contribution in [0, 0.1) is 0 Å². The highest BCUT2D eigenvalue weighted by molar-refractivity contribution is 5.53. The largest absolute Gasteiger partial charge is 0.377 e. The third-order valence-electron chi connectivity index (χ3n) is 3.15. The van der Waals surface area contributed by atoms with Crippen LogP contribution < -0.4 is 4.90 Å². The fourth-order valence-corrected chi connectivity index (χ4v) is 2.29. The average molecular weight is 219 g/mol. The molecule has 0 amide bonds. The standard InChI is InChI=1S/C14H21NO/c1-2-16-12-13-8-4-5-9-14(13)15-10-6-3-7-11-15/h4-5,8-9H,2-3,6-7,10-12H2,1H3. The van der Waals surface area contributed by atoms with Crippen LogP contribution in [0.2, 0.25) is 0 Å². The number of hydrogen-bond acceptors (Lipinski definition) is 2. The van der Waals surface area contributed by atoms with E-state index in [2.05, 4.69) is 29.2 Å². The average Bonchev–Trinajstić information content (AvgIpc) is 2.38. The molecular formula is C14H21NO. The molecule has 2 heteroatoms. The molecule has 0 aromatic heterocycles. The van der Waals surface area contributed by atoms with Crippen LogP contribution in [0.25, 0.3) is 0 Å². The Balaban J connectivity index is 2.11. The van der Waals surface area contributed by atoms with Gasteiger partial charge >= 0.3 is 0 Å². The zero-order valence-electron chi connectivity index (χ0n) is 10.1. The lowest BCUT2D eigenvalue weighted by atomic mass is 10.1. The fraction of sp³-hybridized carbons (Fsp3) is 0.571. The first kappa shape index (κ1) is 11.5. The Bertz CT molecular complexity index is 318. The predicted molar refractivity (Wildman–Crippen MR) is 67.8 cm³/mol. The van der Waals surface area contributed by atoms with Crippen LogP contribution in [0.1, 0.15) is 31.7 Å². The lowest BCUT2D eigenvalue weighted by Gasteiger charge is -2.30. The molecule has 16 heavy (non-hydrogen) atoms. The monoisotopic (exact) mass is 219 g/mol. The molecule has 0 bridgehead atoms. The number of piperidine rings is 1. The molecule has 0 saturated carbocycles. The molecule has 0 radical (unpaired) electrons. The van der Waals surface area contributed by atoms with Gasteiger partial charge in [0.15, 0.2) is 0 Å². The Morgan fingerprint density at radius 1 is 1.12 bits per heavy atom. The van der Waals surface area contributed by atoms with E-state index in [4.69, 9.17) is 4.74 Å². The number of nitrogens with zero attached hydrogens (tertiary/aromatic N) is 1. The molecule has 1 fully saturated rings. The van der Waals surface area contributed by atoms with Crippen LogP contribution in [0.3, 0.4) is 0 Å². The minimum Gasteiger partial charge on any atom is -0.377 e. The van der Waals surface area contributed by atoms with Gasteiger partial charge in [-0.2, -0.15) is 0 Å². The highest BCUT2D eigenvalue weighted by Gasteiger charge is 2.13. The van der Waals surface area contributed by atoms with Gasteiger partial charge in [-0.3, -0.25) is 0 Å². The van der Waals surface area contributed by atoms with Crippen LogP contribution in [0.15, 0.2) is 24.3 Å². The van der Waals surface area contributed by atoms with Crippen molar-refractivity contribution in [1.82, 2.24) is 0 Å². The van der Waals surface area contributed by atoms with Gasteiger partial charge in [0.05, 0.1) is 6.61 Å².